The van der Waals surface area contributed by atoms with Crippen molar-refractivity contribution in [3.05, 3.63) is 30.3 Å². The van der Waals surface area contributed by atoms with E-state index in [0.29, 0.717) is 18.7 Å². The van der Waals surface area contributed by atoms with Crippen LogP contribution in [0, 0.1) is 0 Å². The van der Waals surface area contributed by atoms with Crippen molar-refractivity contribution in [3.8, 4) is 0 Å². The summed E-state index contributed by atoms with van der Waals surface area (Å²) in [5.41, 5.74) is 0. The summed E-state index contributed by atoms with van der Waals surface area (Å²) >= 11 is 5.57. The molecule has 1 N–H and O–H groups in total. The monoisotopic (exact) mass is 311 g/mol. The largest absolute Gasteiger partial charge is 0.480 e. The summed E-state index contributed by atoms with van der Waals surface area (Å²) in [5, 5.41) is 9.32. The summed E-state index contributed by atoms with van der Waals surface area (Å²) in [6.07, 6.45) is 0.991. The van der Waals surface area contributed by atoms with Gasteiger partial charge in [-0.25, -0.2) is 4.79 Å². The molecule has 1 unspecified atom stereocenters. The third-order valence-electron chi connectivity index (χ3n) is 3.27. The Morgan fingerprint density at radius 2 is 2.05 bits per heavy atom. The fourth-order valence-electron chi connectivity index (χ4n) is 2.37. The van der Waals surface area contributed by atoms with E-state index in [-0.39, 0.29) is 17.6 Å². The minimum atomic E-state index is -0.927. The molecular formula is C14H17NO3S2. The average molecular weight is 311 g/mol. The number of carboxylic acids is 1. The van der Waals surface area contributed by atoms with Gasteiger partial charge in [-0.2, -0.15) is 12.6 Å². The van der Waals surface area contributed by atoms with E-state index >= 15 is 0 Å². The minimum absolute atomic E-state index is 0.0984. The molecule has 4 nitrogen and oxygen atoms in total. The highest BCUT2D eigenvalue weighted by Gasteiger charge is 2.42. The highest BCUT2D eigenvalue weighted by atomic mass is 32.2. The molecule has 1 aromatic rings. The number of carboxylic acid groups (broad SMARTS) is 1. The zero-order valence-corrected chi connectivity index (χ0v) is 12.6. The Hall–Kier alpha value is -1.14. The lowest BCUT2D eigenvalue weighted by molar-refractivity contribution is -0.147. The molecule has 1 saturated heterocycles. The van der Waals surface area contributed by atoms with Crippen molar-refractivity contribution in [3.63, 3.8) is 0 Å². The van der Waals surface area contributed by atoms with Crippen LogP contribution in [0.1, 0.15) is 12.8 Å². The predicted molar refractivity (Wildman–Crippen MR) is 82.3 cm³/mol. The van der Waals surface area contributed by atoms with Crippen LogP contribution in [0.4, 0.5) is 0 Å². The molecule has 6 heteroatoms. The summed E-state index contributed by atoms with van der Waals surface area (Å²) < 4.78 is 0. The summed E-state index contributed by atoms with van der Waals surface area (Å²) in [5.74, 6) is -0.606. The first-order chi connectivity index (χ1) is 9.63. The topological polar surface area (TPSA) is 57.6 Å². The van der Waals surface area contributed by atoms with Gasteiger partial charge in [0.25, 0.3) is 0 Å². The highest BCUT2D eigenvalue weighted by Crippen LogP contribution is 2.34. The quantitative estimate of drug-likeness (QED) is 0.818. The lowest BCUT2D eigenvalue weighted by Crippen LogP contribution is -2.44. The molecule has 2 atom stereocenters. The molecule has 1 heterocycles. The van der Waals surface area contributed by atoms with E-state index in [1.165, 1.54) is 16.7 Å². The summed E-state index contributed by atoms with van der Waals surface area (Å²) in [4.78, 5) is 26.0. The second-order valence-electron chi connectivity index (χ2n) is 4.60. The number of benzene rings is 1. The molecule has 0 saturated carbocycles. The molecule has 1 aliphatic heterocycles. The molecule has 20 heavy (non-hydrogen) atoms. The molecule has 1 aromatic carbocycles. The molecule has 108 valence electrons. The van der Waals surface area contributed by atoms with Crippen molar-refractivity contribution in [1.82, 2.24) is 4.90 Å². The Morgan fingerprint density at radius 3 is 2.65 bits per heavy atom. The highest BCUT2D eigenvalue weighted by molar-refractivity contribution is 8.00. The molecule has 0 spiro atoms. The summed E-state index contributed by atoms with van der Waals surface area (Å²) in [6, 6.07) is 8.96. The molecule has 1 amide bonds. The first-order valence-corrected chi connectivity index (χ1v) is 7.99. The Morgan fingerprint density at radius 1 is 1.35 bits per heavy atom. The minimum Gasteiger partial charge on any atom is -0.480 e. The maximum atomic E-state index is 12.0. The van der Waals surface area contributed by atoms with Crippen LogP contribution in [-0.4, -0.2) is 45.5 Å². The molecule has 1 aliphatic rings. The number of thiol groups is 1. The maximum Gasteiger partial charge on any atom is 0.327 e. The number of hydrogen-bond acceptors (Lipinski definition) is 4. The van der Waals surface area contributed by atoms with Crippen molar-refractivity contribution in [2.45, 2.75) is 29.0 Å². The normalized spacial score (nSPS) is 21.9. The van der Waals surface area contributed by atoms with Gasteiger partial charge in [-0.15, -0.1) is 11.8 Å². The van der Waals surface area contributed by atoms with Gasteiger partial charge in [-0.1, -0.05) is 18.2 Å². The van der Waals surface area contributed by atoms with Crippen molar-refractivity contribution in [2.75, 3.05) is 12.3 Å². The number of carbonyl (C=O) groups excluding carboxylic acids is 1. The SMILES string of the molecule is O=C(O)[C@@H]1C(Sc2ccccc2)CCN1C(=O)CCS. The van der Waals surface area contributed by atoms with Gasteiger partial charge in [0.05, 0.1) is 0 Å². The van der Waals surface area contributed by atoms with Crippen LogP contribution in [0.2, 0.25) is 0 Å². The summed E-state index contributed by atoms with van der Waals surface area (Å²) in [7, 11) is 0. The molecule has 0 radical (unpaired) electrons. The zero-order chi connectivity index (χ0) is 14.5. The Bertz CT molecular complexity index is 481. The smallest absolute Gasteiger partial charge is 0.327 e. The van der Waals surface area contributed by atoms with E-state index in [1.807, 2.05) is 30.3 Å². The van der Waals surface area contributed by atoms with Crippen LogP contribution in [0.3, 0.4) is 0 Å². The van der Waals surface area contributed by atoms with Crippen molar-refractivity contribution in [2.24, 2.45) is 0 Å². The van der Waals surface area contributed by atoms with E-state index in [4.69, 9.17) is 0 Å². The Kier molecular flexibility index (Phi) is 5.37. The lowest BCUT2D eigenvalue weighted by Gasteiger charge is -2.24. The van der Waals surface area contributed by atoms with Crippen LogP contribution in [-0.2, 0) is 9.59 Å². The van der Waals surface area contributed by atoms with Crippen molar-refractivity contribution in [1.29, 1.82) is 0 Å². The van der Waals surface area contributed by atoms with E-state index in [0.717, 1.165) is 4.90 Å². The standard InChI is InChI=1S/C14H17NO3S2/c16-12(7-9-19)15-8-6-11(13(15)14(17)18)20-10-4-2-1-3-5-10/h1-5,11,13,19H,6-9H2,(H,17,18)/t11?,13-/m0/s1. The number of nitrogens with zero attached hydrogens (tertiary/aromatic N) is 1. The van der Waals surface area contributed by atoms with Crippen LogP contribution in [0.15, 0.2) is 35.2 Å². The molecule has 0 aliphatic carbocycles. The lowest BCUT2D eigenvalue weighted by atomic mass is 10.2. The molecule has 0 bridgehead atoms. The van der Waals surface area contributed by atoms with E-state index in [2.05, 4.69) is 12.6 Å². The number of thioether (sulfide) groups is 1. The first kappa shape index (κ1) is 15.3. The fraction of sp³-hybridized carbons (Fsp3) is 0.429. The second kappa shape index (κ2) is 7.04. The summed E-state index contributed by atoms with van der Waals surface area (Å²) in [6.45, 7) is 0.508. The maximum absolute atomic E-state index is 12.0. The number of rotatable bonds is 5. The van der Waals surface area contributed by atoms with Gasteiger partial charge in [0, 0.05) is 23.1 Å². The zero-order valence-electron chi connectivity index (χ0n) is 10.9. The Balaban J connectivity index is 2.10. The van der Waals surface area contributed by atoms with Gasteiger partial charge in [0.15, 0.2) is 0 Å². The number of amides is 1. The number of hydrogen-bond donors (Lipinski definition) is 2. The van der Waals surface area contributed by atoms with Crippen molar-refractivity contribution >= 4 is 36.3 Å². The van der Waals surface area contributed by atoms with Gasteiger partial charge in [-0.3, -0.25) is 4.79 Å². The third kappa shape index (κ3) is 3.49. The number of aliphatic carboxylic acids is 1. The van der Waals surface area contributed by atoms with Crippen molar-refractivity contribution < 1.29 is 14.7 Å². The van der Waals surface area contributed by atoms with E-state index in [1.54, 1.807) is 0 Å². The molecule has 1 fully saturated rings. The molecule has 2 rings (SSSR count). The number of likely N-dealkylation sites (tertiary alicyclic amines) is 1. The number of carbonyl (C=O) groups is 2. The molecular weight excluding hydrogens is 294 g/mol. The van der Waals surface area contributed by atoms with Crippen LogP contribution in [0.25, 0.3) is 0 Å². The predicted octanol–water partition coefficient (Wildman–Crippen LogP) is 2.15. The van der Waals surface area contributed by atoms with E-state index < -0.39 is 12.0 Å². The van der Waals surface area contributed by atoms with E-state index in [9.17, 15) is 14.7 Å². The Labute approximate surface area is 128 Å². The first-order valence-electron chi connectivity index (χ1n) is 6.48. The fourth-order valence-corrected chi connectivity index (χ4v) is 3.84. The van der Waals surface area contributed by atoms with Gasteiger partial charge in [-0.05, 0) is 24.3 Å². The second-order valence-corrected chi connectivity index (χ2v) is 6.36. The van der Waals surface area contributed by atoms with Gasteiger partial charge >= 0.3 is 5.97 Å². The van der Waals surface area contributed by atoms with Gasteiger partial charge in [0.2, 0.25) is 5.91 Å². The van der Waals surface area contributed by atoms with Gasteiger partial charge < -0.3 is 10.0 Å². The van der Waals surface area contributed by atoms with Crippen LogP contribution in [0.5, 0.6) is 0 Å². The van der Waals surface area contributed by atoms with Crippen LogP contribution < -0.4 is 0 Å². The third-order valence-corrected chi connectivity index (χ3v) is 4.84. The van der Waals surface area contributed by atoms with Crippen LogP contribution >= 0.6 is 24.4 Å². The average Bonchev–Trinajstić information content (AvgIpc) is 2.84. The van der Waals surface area contributed by atoms with Gasteiger partial charge in [0.1, 0.15) is 6.04 Å². The molecule has 0 aromatic heterocycles.